The molecule has 1 aliphatic heterocycles. The number of hydrogen-bond donors (Lipinski definition) is 1. The summed E-state index contributed by atoms with van der Waals surface area (Å²) in [5.74, 6) is 1.92. The second-order valence-electron chi connectivity index (χ2n) is 8.07. The van der Waals surface area contributed by atoms with Crippen LogP contribution in [0.1, 0.15) is 30.1 Å². The second-order valence-corrected chi connectivity index (χ2v) is 9.27. The Morgan fingerprint density at radius 3 is 2.58 bits per heavy atom. The third kappa shape index (κ3) is 5.03. The van der Waals surface area contributed by atoms with Crippen LogP contribution in [0.2, 0.25) is 0 Å². The average Bonchev–Trinajstić information content (AvgIpc) is 3.03. The van der Waals surface area contributed by atoms with E-state index in [9.17, 15) is 4.79 Å². The van der Waals surface area contributed by atoms with E-state index in [-0.39, 0.29) is 11.8 Å². The maximum Gasteiger partial charge on any atom is 0.231 e. The van der Waals surface area contributed by atoms with Crippen LogP contribution in [-0.2, 0) is 16.1 Å². The molecule has 1 N–H and O–H groups in total. The molecule has 1 amide bonds. The Morgan fingerprint density at radius 2 is 1.90 bits per heavy atom. The van der Waals surface area contributed by atoms with Gasteiger partial charge >= 0.3 is 0 Å². The monoisotopic (exact) mass is 440 g/mol. The van der Waals surface area contributed by atoms with Crippen LogP contribution >= 0.6 is 11.3 Å². The Kier molecular flexibility index (Phi) is 6.50. The molecule has 0 radical (unpaired) electrons. The number of benzene rings is 1. The molecule has 0 bridgehead atoms. The molecule has 3 heterocycles. The van der Waals surface area contributed by atoms with E-state index in [1.807, 2.05) is 38.1 Å². The summed E-state index contributed by atoms with van der Waals surface area (Å²) in [7, 11) is 0. The minimum absolute atomic E-state index is 0.0108. The van der Waals surface area contributed by atoms with Crippen molar-refractivity contribution in [2.45, 2.75) is 34.2 Å². The lowest BCUT2D eigenvalue weighted by Gasteiger charge is -2.25. The van der Waals surface area contributed by atoms with Gasteiger partial charge in [0, 0.05) is 29.6 Å². The number of nitrogens with one attached hydrogen (secondary N) is 1. The highest BCUT2D eigenvalue weighted by molar-refractivity contribution is 7.18. The summed E-state index contributed by atoms with van der Waals surface area (Å²) in [4.78, 5) is 26.0. The number of amides is 1. The number of nitrogens with zero attached hydrogens (tertiary/aromatic N) is 3. The fourth-order valence-corrected chi connectivity index (χ4v) is 4.40. The molecule has 31 heavy (non-hydrogen) atoms. The van der Waals surface area contributed by atoms with Crippen LogP contribution in [0.5, 0.6) is 11.6 Å². The molecule has 1 aromatic carbocycles. The van der Waals surface area contributed by atoms with Gasteiger partial charge in [-0.15, -0.1) is 11.3 Å². The van der Waals surface area contributed by atoms with Crippen molar-refractivity contribution in [3.05, 3.63) is 40.5 Å². The topological polar surface area (TPSA) is 76.6 Å². The summed E-state index contributed by atoms with van der Waals surface area (Å²) in [6, 6.07) is 7.38. The van der Waals surface area contributed by atoms with Gasteiger partial charge in [-0.05, 0) is 43.7 Å². The number of aromatic nitrogens is 2. The minimum atomic E-state index is -0.0695. The SMILES string of the molecule is Cc1sc2nc(CN3CCOCC3)nc(Oc3ccc(NC(=O)C(C)C)cc3)c2c1C. The molecule has 0 unspecified atom stereocenters. The quantitative estimate of drug-likeness (QED) is 0.607. The Balaban J connectivity index is 1.60. The van der Waals surface area contributed by atoms with Gasteiger partial charge in [-0.2, -0.15) is 4.98 Å². The van der Waals surface area contributed by atoms with Crippen molar-refractivity contribution in [3.63, 3.8) is 0 Å². The van der Waals surface area contributed by atoms with Crippen LogP contribution in [0.4, 0.5) is 5.69 Å². The molecular formula is C23H28N4O3S. The molecule has 1 saturated heterocycles. The zero-order chi connectivity index (χ0) is 22.0. The van der Waals surface area contributed by atoms with E-state index in [1.165, 1.54) is 4.88 Å². The molecule has 7 nitrogen and oxygen atoms in total. The summed E-state index contributed by atoms with van der Waals surface area (Å²) in [6.07, 6.45) is 0. The number of morpholine rings is 1. The van der Waals surface area contributed by atoms with Gasteiger partial charge < -0.3 is 14.8 Å². The first-order chi connectivity index (χ1) is 14.9. The number of thiophene rings is 1. The number of carbonyl (C=O) groups is 1. The summed E-state index contributed by atoms with van der Waals surface area (Å²) in [5, 5.41) is 3.86. The highest BCUT2D eigenvalue weighted by Crippen LogP contribution is 2.36. The summed E-state index contributed by atoms with van der Waals surface area (Å²) < 4.78 is 11.7. The zero-order valence-electron chi connectivity index (χ0n) is 18.4. The van der Waals surface area contributed by atoms with Gasteiger partial charge in [-0.25, -0.2) is 4.98 Å². The molecule has 0 saturated carbocycles. The molecule has 0 spiro atoms. The first-order valence-electron chi connectivity index (χ1n) is 10.6. The van der Waals surface area contributed by atoms with Crippen molar-refractivity contribution in [2.24, 2.45) is 5.92 Å². The van der Waals surface area contributed by atoms with Crippen LogP contribution in [0, 0.1) is 19.8 Å². The molecule has 1 aliphatic rings. The van der Waals surface area contributed by atoms with Crippen molar-refractivity contribution >= 4 is 33.1 Å². The largest absolute Gasteiger partial charge is 0.438 e. The highest BCUT2D eigenvalue weighted by Gasteiger charge is 2.19. The first kappa shape index (κ1) is 21.7. The van der Waals surface area contributed by atoms with Crippen LogP contribution in [-0.4, -0.2) is 47.1 Å². The number of hydrogen-bond acceptors (Lipinski definition) is 7. The van der Waals surface area contributed by atoms with Crippen molar-refractivity contribution < 1.29 is 14.3 Å². The fourth-order valence-electron chi connectivity index (χ4n) is 3.36. The van der Waals surface area contributed by atoms with E-state index in [1.54, 1.807) is 11.3 Å². The summed E-state index contributed by atoms with van der Waals surface area (Å²) in [5.41, 5.74) is 1.89. The molecule has 164 valence electrons. The van der Waals surface area contributed by atoms with Gasteiger partial charge in [0.2, 0.25) is 11.8 Å². The number of rotatable bonds is 6. The highest BCUT2D eigenvalue weighted by atomic mass is 32.1. The molecule has 0 atom stereocenters. The van der Waals surface area contributed by atoms with Crippen LogP contribution in [0.15, 0.2) is 24.3 Å². The van der Waals surface area contributed by atoms with Crippen LogP contribution in [0.25, 0.3) is 10.2 Å². The Labute approximate surface area is 186 Å². The predicted molar refractivity (Wildman–Crippen MR) is 123 cm³/mol. The predicted octanol–water partition coefficient (Wildman–Crippen LogP) is 4.53. The zero-order valence-corrected chi connectivity index (χ0v) is 19.2. The molecule has 1 fully saturated rings. The molecule has 2 aromatic heterocycles. The van der Waals surface area contributed by atoms with Crippen LogP contribution < -0.4 is 10.1 Å². The minimum Gasteiger partial charge on any atom is -0.438 e. The third-order valence-corrected chi connectivity index (χ3v) is 6.47. The first-order valence-corrected chi connectivity index (χ1v) is 11.4. The number of anilines is 1. The normalized spacial score (nSPS) is 14.9. The number of ether oxygens (including phenoxy) is 2. The maximum absolute atomic E-state index is 11.9. The second kappa shape index (κ2) is 9.30. The Hall–Kier alpha value is -2.55. The third-order valence-electron chi connectivity index (χ3n) is 5.37. The summed E-state index contributed by atoms with van der Waals surface area (Å²) in [6.45, 7) is 11.8. The van der Waals surface area contributed by atoms with E-state index in [2.05, 4.69) is 24.1 Å². The van der Waals surface area contributed by atoms with E-state index < -0.39 is 0 Å². The molecule has 3 aromatic rings. The molecular weight excluding hydrogens is 412 g/mol. The van der Waals surface area contributed by atoms with Gasteiger partial charge in [-0.3, -0.25) is 9.69 Å². The lowest BCUT2D eigenvalue weighted by Crippen LogP contribution is -2.36. The van der Waals surface area contributed by atoms with Gasteiger partial charge in [0.1, 0.15) is 16.4 Å². The number of fused-ring (bicyclic) bond motifs is 1. The van der Waals surface area contributed by atoms with Crippen LogP contribution in [0.3, 0.4) is 0 Å². The molecule has 0 aliphatic carbocycles. The molecule has 8 heteroatoms. The average molecular weight is 441 g/mol. The maximum atomic E-state index is 11.9. The smallest absolute Gasteiger partial charge is 0.231 e. The van der Waals surface area contributed by atoms with E-state index in [0.717, 1.165) is 53.6 Å². The van der Waals surface area contributed by atoms with Crippen molar-refractivity contribution in [1.29, 1.82) is 0 Å². The standard InChI is InChI=1S/C23H28N4O3S/c1-14(2)21(28)24-17-5-7-18(8-6-17)30-22-20-15(3)16(4)31-23(20)26-19(25-22)13-27-9-11-29-12-10-27/h5-8,14H,9-13H2,1-4H3,(H,24,28). The Bertz CT molecular complexity index is 1070. The van der Waals surface area contributed by atoms with E-state index >= 15 is 0 Å². The fraction of sp³-hybridized carbons (Fsp3) is 0.435. The lowest BCUT2D eigenvalue weighted by atomic mass is 10.2. The van der Waals surface area contributed by atoms with Gasteiger partial charge in [0.05, 0.1) is 25.1 Å². The van der Waals surface area contributed by atoms with Gasteiger partial charge in [-0.1, -0.05) is 13.8 Å². The van der Waals surface area contributed by atoms with Crippen molar-refractivity contribution in [1.82, 2.24) is 14.9 Å². The number of carbonyl (C=O) groups excluding carboxylic acids is 1. The molecule has 4 rings (SSSR count). The van der Waals surface area contributed by atoms with Gasteiger partial charge in [0.25, 0.3) is 0 Å². The Morgan fingerprint density at radius 1 is 1.19 bits per heavy atom. The van der Waals surface area contributed by atoms with E-state index in [0.29, 0.717) is 18.2 Å². The van der Waals surface area contributed by atoms with Crippen molar-refractivity contribution in [3.8, 4) is 11.6 Å². The number of aryl methyl sites for hydroxylation is 2. The van der Waals surface area contributed by atoms with E-state index in [4.69, 9.17) is 19.4 Å². The van der Waals surface area contributed by atoms with Gasteiger partial charge in [0.15, 0.2) is 0 Å². The van der Waals surface area contributed by atoms with Crippen molar-refractivity contribution in [2.75, 3.05) is 31.6 Å². The lowest BCUT2D eigenvalue weighted by molar-refractivity contribution is -0.118. The summed E-state index contributed by atoms with van der Waals surface area (Å²) >= 11 is 1.67.